The lowest BCUT2D eigenvalue weighted by Crippen LogP contribution is -2.57. The summed E-state index contributed by atoms with van der Waals surface area (Å²) in [5.74, 6) is 0.956. The molecule has 0 saturated carbocycles. The van der Waals surface area contributed by atoms with Crippen molar-refractivity contribution in [2.45, 2.75) is 19.4 Å². The van der Waals surface area contributed by atoms with Gasteiger partial charge in [0.15, 0.2) is 5.76 Å². The molecule has 1 atom stereocenters. The summed E-state index contributed by atoms with van der Waals surface area (Å²) in [7, 11) is 6.43. The second-order valence-corrected chi connectivity index (χ2v) is 5.66. The number of carbonyl (C=O) groups excluding carboxylic acids is 2. The summed E-state index contributed by atoms with van der Waals surface area (Å²) in [6.07, 6.45) is 4.06. The van der Waals surface area contributed by atoms with E-state index in [1.807, 2.05) is 13.0 Å². The smallest absolute Gasteiger partial charge is 0.245 e. The van der Waals surface area contributed by atoms with Crippen LogP contribution >= 0.6 is 0 Å². The van der Waals surface area contributed by atoms with Crippen LogP contribution in [0.3, 0.4) is 0 Å². The molecule has 0 bridgehead atoms. The highest BCUT2D eigenvalue weighted by Gasteiger charge is 2.35. The zero-order chi connectivity index (χ0) is 17.1. The monoisotopic (exact) mass is 318 g/mol. The summed E-state index contributed by atoms with van der Waals surface area (Å²) in [5.41, 5.74) is 4.91. The first-order valence-electron chi connectivity index (χ1n) is 7.36. The van der Waals surface area contributed by atoms with Crippen molar-refractivity contribution in [1.82, 2.24) is 9.80 Å². The Kier molecular flexibility index (Phi) is 4.96. The largest absolute Gasteiger partial charge is 0.492 e. The molecule has 2 amide bonds. The Labute approximate surface area is 136 Å². The van der Waals surface area contributed by atoms with Crippen LogP contribution < -0.4 is 0 Å². The van der Waals surface area contributed by atoms with Gasteiger partial charge in [-0.05, 0) is 30.2 Å². The van der Waals surface area contributed by atoms with Crippen molar-refractivity contribution >= 4 is 11.8 Å². The quantitative estimate of drug-likeness (QED) is 0.731. The summed E-state index contributed by atoms with van der Waals surface area (Å²) < 4.78 is 10.6. The van der Waals surface area contributed by atoms with Crippen LogP contribution in [0.25, 0.3) is 0 Å². The molecule has 2 aliphatic rings. The predicted octanol–water partition coefficient (Wildman–Crippen LogP) is 1.22. The Morgan fingerprint density at radius 2 is 1.96 bits per heavy atom. The number of piperazine rings is 1. The van der Waals surface area contributed by atoms with Crippen LogP contribution in [0.1, 0.15) is 13.3 Å². The van der Waals surface area contributed by atoms with E-state index in [2.05, 4.69) is 5.73 Å². The summed E-state index contributed by atoms with van der Waals surface area (Å²) in [5, 5.41) is 0. The Morgan fingerprint density at radius 1 is 1.26 bits per heavy atom. The Hall–Kier alpha value is -2.46. The van der Waals surface area contributed by atoms with Crippen molar-refractivity contribution in [2.75, 3.05) is 34.9 Å². The zero-order valence-corrected chi connectivity index (χ0v) is 14.2. The number of carbonyl (C=O) groups is 2. The molecule has 23 heavy (non-hydrogen) atoms. The van der Waals surface area contributed by atoms with Crippen LogP contribution in [0.15, 0.2) is 40.5 Å². The van der Waals surface area contributed by atoms with Gasteiger partial charge in [0.2, 0.25) is 17.6 Å². The fourth-order valence-electron chi connectivity index (χ4n) is 2.64. The van der Waals surface area contributed by atoms with Crippen LogP contribution in [0.4, 0.5) is 0 Å². The zero-order valence-electron chi connectivity index (χ0n) is 14.2. The highest BCUT2D eigenvalue weighted by atomic mass is 16.5. The van der Waals surface area contributed by atoms with Crippen molar-refractivity contribution in [3.8, 4) is 0 Å². The molecule has 1 aliphatic carbocycles. The van der Waals surface area contributed by atoms with E-state index in [1.165, 1.54) is 9.80 Å². The van der Waals surface area contributed by atoms with Crippen LogP contribution in [0.5, 0.6) is 0 Å². The van der Waals surface area contributed by atoms with Crippen LogP contribution in [0.2, 0.25) is 0 Å². The van der Waals surface area contributed by atoms with Crippen molar-refractivity contribution in [3.05, 3.63) is 40.5 Å². The summed E-state index contributed by atoms with van der Waals surface area (Å²) in [6, 6.07) is -0.507. The molecule has 1 fully saturated rings. The van der Waals surface area contributed by atoms with E-state index in [1.54, 1.807) is 34.4 Å². The molecular formula is C17H22N2O4. The van der Waals surface area contributed by atoms with Gasteiger partial charge in [-0.25, -0.2) is 0 Å². The molecular weight excluding hydrogens is 296 g/mol. The maximum atomic E-state index is 12.4. The first kappa shape index (κ1) is 16.9. The molecule has 1 aliphatic heterocycles. The molecule has 0 aromatic rings. The van der Waals surface area contributed by atoms with Crippen molar-refractivity contribution in [3.63, 3.8) is 0 Å². The van der Waals surface area contributed by atoms with Crippen LogP contribution in [0, 0.1) is 0 Å². The number of ether oxygens (including phenoxy) is 2. The number of allylic oxidation sites excluding steroid dienone is 2. The Morgan fingerprint density at radius 3 is 2.57 bits per heavy atom. The molecule has 0 aromatic heterocycles. The molecule has 0 radical (unpaired) electrons. The molecule has 0 aromatic carbocycles. The number of rotatable bonds is 4. The molecule has 1 saturated heterocycles. The van der Waals surface area contributed by atoms with Crippen molar-refractivity contribution in [1.29, 1.82) is 0 Å². The predicted molar refractivity (Wildman–Crippen MR) is 85.2 cm³/mol. The minimum atomic E-state index is -0.507. The number of methoxy groups -OCH3 is 2. The molecule has 1 heterocycles. The SMILES string of the molecule is COC1=C=CC(C[C@H]2C(=O)N(C)CC(=O)N2C)=C(C)C=C1OC. The van der Waals surface area contributed by atoms with Gasteiger partial charge in [-0.15, -0.1) is 0 Å². The van der Waals surface area contributed by atoms with E-state index in [-0.39, 0.29) is 18.4 Å². The topological polar surface area (TPSA) is 59.1 Å². The fourth-order valence-corrected chi connectivity index (χ4v) is 2.64. The van der Waals surface area contributed by atoms with Gasteiger partial charge >= 0.3 is 0 Å². The molecule has 0 unspecified atom stereocenters. The average Bonchev–Trinajstić information content (AvgIpc) is 2.68. The van der Waals surface area contributed by atoms with Crippen molar-refractivity contribution < 1.29 is 19.1 Å². The summed E-state index contributed by atoms with van der Waals surface area (Å²) in [6.45, 7) is 2.06. The highest BCUT2D eigenvalue weighted by molar-refractivity contribution is 5.94. The third kappa shape index (κ3) is 3.32. The average molecular weight is 318 g/mol. The van der Waals surface area contributed by atoms with Crippen molar-refractivity contribution in [2.24, 2.45) is 0 Å². The molecule has 2 rings (SSSR count). The van der Waals surface area contributed by atoms with Gasteiger partial charge < -0.3 is 19.3 Å². The van der Waals surface area contributed by atoms with Gasteiger partial charge in [-0.2, -0.15) is 0 Å². The summed E-state index contributed by atoms with van der Waals surface area (Å²) >= 11 is 0. The third-order valence-corrected chi connectivity index (χ3v) is 4.19. The normalized spacial score (nSPS) is 22.0. The lowest BCUT2D eigenvalue weighted by Gasteiger charge is -2.36. The maximum Gasteiger partial charge on any atom is 0.245 e. The number of nitrogens with zero attached hydrogens (tertiary/aromatic N) is 2. The number of hydrogen-bond donors (Lipinski definition) is 0. The number of likely N-dealkylation sites (N-methyl/N-ethyl adjacent to an activating group) is 2. The van der Waals surface area contributed by atoms with E-state index in [9.17, 15) is 9.59 Å². The fraction of sp³-hybridized carbons (Fsp3) is 0.471. The van der Waals surface area contributed by atoms with Gasteiger partial charge in [0.05, 0.1) is 20.8 Å². The van der Waals surface area contributed by atoms with E-state index in [0.717, 1.165) is 11.1 Å². The van der Waals surface area contributed by atoms with Crippen LogP contribution in [-0.2, 0) is 19.1 Å². The number of hydrogen-bond acceptors (Lipinski definition) is 4. The van der Waals surface area contributed by atoms with E-state index in [0.29, 0.717) is 17.9 Å². The molecule has 124 valence electrons. The van der Waals surface area contributed by atoms with Gasteiger partial charge in [0.1, 0.15) is 6.04 Å². The Bertz CT molecular complexity index is 654. The first-order valence-corrected chi connectivity index (χ1v) is 7.36. The van der Waals surface area contributed by atoms with E-state index in [4.69, 9.17) is 9.47 Å². The molecule has 6 nitrogen and oxygen atoms in total. The third-order valence-electron chi connectivity index (χ3n) is 4.19. The summed E-state index contributed by atoms with van der Waals surface area (Å²) in [4.78, 5) is 27.4. The van der Waals surface area contributed by atoms with E-state index < -0.39 is 6.04 Å². The molecule has 0 N–H and O–H groups in total. The van der Waals surface area contributed by atoms with Gasteiger partial charge in [-0.3, -0.25) is 9.59 Å². The minimum Gasteiger partial charge on any atom is -0.492 e. The van der Waals surface area contributed by atoms with Gasteiger partial charge in [0, 0.05) is 20.5 Å². The molecule has 0 spiro atoms. The molecule has 6 heteroatoms. The lowest BCUT2D eigenvalue weighted by molar-refractivity contribution is -0.152. The second kappa shape index (κ2) is 6.75. The first-order chi connectivity index (χ1) is 10.9. The minimum absolute atomic E-state index is 0.0584. The van der Waals surface area contributed by atoms with Gasteiger partial charge in [0.25, 0.3) is 0 Å². The van der Waals surface area contributed by atoms with E-state index >= 15 is 0 Å². The maximum absolute atomic E-state index is 12.4. The number of amides is 2. The van der Waals surface area contributed by atoms with Gasteiger partial charge in [-0.1, -0.05) is 5.73 Å². The highest BCUT2D eigenvalue weighted by Crippen LogP contribution is 2.25. The second-order valence-electron chi connectivity index (χ2n) is 5.66. The lowest BCUT2D eigenvalue weighted by atomic mass is 9.98. The van der Waals surface area contributed by atoms with Crippen LogP contribution in [-0.4, -0.2) is 62.5 Å². The standard InChI is InChI=1S/C17H22N2O4/c1-11-8-15(23-5)14(22-4)7-6-12(11)9-13-17(21)18(2)10-16(20)19(13)3/h6,8,13H,9-10H2,1-5H3/t13-/m0/s1. The Balaban J connectivity index is 2.34.